The minimum Gasteiger partial charge on any atom is -0.497 e. The third kappa shape index (κ3) is 16.0. The predicted molar refractivity (Wildman–Crippen MR) is 408 cm³/mol. The van der Waals surface area contributed by atoms with Crippen LogP contribution in [0.4, 0.5) is 74.7 Å². The lowest BCUT2D eigenvalue weighted by molar-refractivity contribution is 0.415. The van der Waals surface area contributed by atoms with Crippen molar-refractivity contribution in [3.05, 3.63) is 233 Å². The van der Waals surface area contributed by atoms with Gasteiger partial charge in [0.1, 0.15) is 34.9 Å². The summed E-state index contributed by atoms with van der Waals surface area (Å²) in [7, 11) is 1.60. The molecule has 528 valence electrons. The fourth-order valence-electron chi connectivity index (χ4n) is 11.3. The van der Waals surface area contributed by atoms with Crippen LogP contribution in [0.15, 0.2) is 188 Å². The Hall–Kier alpha value is -14.4. The molecule has 8 aromatic carbocycles. The number of hydrogen-bond acceptors (Lipinski definition) is 26. The Morgan fingerprint density at radius 3 is 1.17 bits per heavy atom. The molecular formula is C74H67ClFN29O. The van der Waals surface area contributed by atoms with Crippen molar-refractivity contribution < 1.29 is 9.13 Å². The van der Waals surface area contributed by atoms with Crippen LogP contribution >= 0.6 is 11.6 Å². The SMILES string of the molecule is CCc1nc2ccccc2n1-c1nc(N)nc(Nc2ccc(C#N)cc2)n1.CCc1nc2ccccc2n1-c1nc(N)nc(Nc2ccc(Cl)cc2)n1.CCc1nc2ccccc2n1-c1nc(N)nc(Nc2cccc(C)c2)n1.COc1ccc(Nc2nc(N)nc(-n3c(C)nc4ccc(F)cc43)n2)cc1. The van der Waals surface area contributed by atoms with Crippen LogP contribution in [0, 0.1) is 31.0 Å². The van der Waals surface area contributed by atoms with Crippen LogP contribution in [-0.2, 0) is 19.3 Å². The van der Waals surface area contributed by atoms with E-state index >= 15 is 0 Å². The van der Waals surface area contributed by atoms with Gasteiger partial charge in [0.15, 0.2) is 0 Å². The monoisotopic (exact) mass is 1430 g/mol. The lowest BCUT2D eigenvalue weighted by Crippen LogP contribution is -2.11. The molecule has 16 aromatic rings. The summed E-state index contributed by atoms with van der Waals surface area (Å²) in [5.41, 5.74) is 35.2. The van der Waals surface area contributed by atoms with Crippen molar-refractivity contribution in [3.63, 3.8) is 0 Å². The van der Waals surface area contributed by atoms with Gasteiger partial charge in [-0.05, 0) is 153 Å². The minimum absolute atomic E-state index is 0.0358. The lowest BCUT2D eigenvalue weighted by atomic mass is 10.2. The average Bonchev–Trinajstić information content (AvgIpc) is 1.72. The van der Waals surface area contributed by atoms with Crippen LogP contribution in [0.25, 0.3) is 67.9 Å². The third-order valence-corrected chi connectivity index (χ3v) is 16.2. The molecule has 12 N–H and O–H groups in total. The Bertz CT molecular complexity index is 5880. The van der Waals surface area contributed by atoms with Gasteiger partial charge in [0, 0.05) is 53.1 Å². The molecule has 106 heavy (non-hydrogen) atoms. The van der Waals surface area contributed by atoms with Gasteiger partial charge in [-0.2, -0.15) is 65.1 Å². The minimum atomic E-state index is -0.373. The van der Waals surface area contributed by atoms with Gasteiger partial charge in [-0.1, -0.05) is 80.9 Å². The van der Waals surface area contributed by atoms with Gasteiger partial charge in [-0.25, -0.2) is 24.3 Å². The topological polar surface area (TPSA) is 411 Å². The first-order chi connectivity index (χ1) is 51.5. The molecule has 0 aliphatic rings. The number of rotatable bonds is 16. The van der Waals surface area contributed by atoms with E-state index in [1.54, 1.807) is 61.1 Å². The van der Waals surface area contributed by atoms with Crippen molar-refractivity contribution in [3.8, 4) is 35.6 Å². The highest BCUT2D eigenvalue weighted by Gasteiger charge is 2.21. The van der Waals surface area contributed by atoms with Crippen LogP contribution in [0.1, 0.15) is 55.2 Å². The first-order valence-electron chi connectivity index (χ1n) is 33.1. The van der Waals surface area contributed by atoms with Crippen molar-refractivity contribution in [1.29, 1.82) is 5.26 Å². The van der Waals surface area contributed by atoms with E-state index in [2.05, 4.69) is 107 Å². The second kappa shape index (κ2) is 31.2. The molecule has 0 atom stereocenters. The number of para-hydroxylation sites is 6. The van der Waals surface area contributed by atoms with E-state index < -0.39 is 0 Å². The number of nitrogen functional groups attached to an aromatic ring is 4. The van der Waals surface area contributed by atoms with Gasteiger partial charge in [0.05, 0.1) is 62.9 Å². The van der Waals surface area contributed by atoms with Crippen LogP contribution in [0.2, 0.25) is 5.02 Å². The molecule has 0 aliphatic carbocycles. The van der Waals surface area contributed by atoms with Crippen LogP contribution in [0.5, 0.6) is 5.75 Å². The van der Waals surface area contributed by atoms with Gasteiger partial charge in [-0.15, -0.1) is 0 Å². The fraction of sp³-hybridized carbons (Fsp3) is 0.122. The number of hydrogen-bond donors (Lipinski definition) is 8. The Morgan fingerprint density at radius 2 is 0.774 bits per heavy atom. The highest BCUT2D eigenvalue weighted by atomic mass is 35.5. The van der Waals surface area contributed by atoms with E-state index in [1.165, 1.54) is 12.1 Å². The zero-order valence-electron chi connectivity index (χ0n) is 57.9. The molecule has 0 radical (unpaired) electrons. The number of aromatic nitrogens is 20. The zero-order chi connectivity index (χ0) is 74.0. The number of nitrogens with one attached hydrogen (secondary N) is 4. The number of halogens is 2. The summed E-state index contributed by atoms with van der Waals surface area (Å²) in [6.45, 7) is 9.93. The normalized spacial score (nSPS) is 10.9. The van der Waals surface area contributed by atoms with Gasteiger partial charge in [-0.3, -0.25) is 18.3 Å². The highest BCUT2D eigenvalue weighted by Crippen LogP contribution is 2.29. The molecular weight excluding hydrogens is 1370 g/mol. The number of anilines is 12. The molecule has 8 heterocycles. The highest BCUT2D eigenvalue weighted by molar-refractivity contribution is 6.30. The Kier molecular flexibility index (Phi) is 20.6. The Labute approximate surface area is 609 Å². The van der Waals surface area contributed by atoms with E-state index in [0.29, 0.717) is 63.1 Å². The second-order valence-electron chi connectivity index (χ2n) is 23.3. The van der Waals surface area contributed by atoms with E-state index in [4.69, 9.17) is 44.5 Å². The summed E-state index contributed by atoms with van der Waals surface area (Å²) < 4.78 is 26.2. The molecule has 30 nitrogen and oxygen atoms in total. The maximum atomic E-state index is 13.7. The van der Waals surface area contributed by atoms with Crippen LogP contribution in [0.3, 0.4) is 0 Å². The third-order valence-electron chi connectivity index (χ3n) is 16.0. The predicted octanol–water partition coefficient (Wildman–Crippen LogP) is 13.1. The van der Waals surface area contributed by atoms with Gasteiger partial charge < -0.3 is 48.9 Å². The fourth-order valence-corrected chi connectivity index (χ4v) is 11.4. The van der Waals surface area contributed by atoms with E-state index in [1.807, 2.05) is 175 Å². The first kappa shape index (κ1) is 70.0. The number of aryl methyl sites for hydroxylation is 5. The number of ether oxygens (including phenoxy) is 1. The molecule has 0 amide bonds. The number of methoxy groups -OCH3 is 1. The standard InChI is InChI=1S/C19H16N8.C19H19N7.C18H16ClN7.C18H16FN7O/c1-2-16-23-14-5-3-4-6-15(14)27(16)19-25-17(21)24-18(26-19)22-13-9-7-12(11-20)8-10-13;1-3-16-22-14-9-4-5-10-15(14)26(16)19-24-17(20)23-18(25-19)21-13-8-6-7-12(2)11-13;1-2-15-22-13-5-3-4-6-14(13)26(15)18-24-16(20)23-17(25-18)21-12-9-7-11(19)8-10-12;1-10-21-14-8-3-11(19)9-15(14)26(10)18-24-16(20)23-17(25-18)22-12-4-6-13(27-2)7-5-12/h3-10H,2H2,1H3,(H3,21,22,24,25,26);4-11H,3H2,1-2H3,(H3,20,21,23,24,25);3-10H,2H2,1H3,(H3,20,21,23,24,25);3-9H,1-2H3,(H3,20,22,23,24,25). The molecule has 0 fully saturated rings. The lowest BCUT2D eigenvalue weighted by Gasteiger charge is -2.10. The number of imidazole rings is 4. The van der Waals surface area contributed by atoms with Crippen molar-refractivity contribution in [2.24, 2.45) is 0 Å². The number of nitriles is 1. The summed E-state index contributed by atoms with van der Waals surface area (Å²) in [6, 6.07) is 59.5. The van der Waals surface area contributed by atoms with E-state index in [-0.39, 0.29) is 41.5 Å². The molecule has 8 aromatic heterocycles. The molecule has 0 saturated carbocycles. The van der Waals surface area contributed by atoms with Crippen molar-refractivity contribution in [2.75, 3.05) is 51.3 Å². The van der Waals surface area contributed by atoms with E-state index in [0.717, 1.165) is 104 Å². The zero-order valence-corrected chi connectivity index (χ0v) is 58.6. The maximum Gasteiger partial charge on any atom is 0.242 e. The molecule has 0 spiro atoms. The van der Waals surface area contributed by atoms with Crippen molar-refractivity contribution >= 4 is 126 Å². The number of nitrogens with two attached hydrogens (primary N) is 4. The molecule has 0 bridgehead atoms. The Balaban J connectivity index is 0.000000125. The summed E-state index contributed by atoms with van der Waals surface area (Å²) in [6.07, 6.45) is 2.21. The second-order valence-corrected chi connectivity index (χ2v) is 23.7. The summed E-state index contributed by atoms with van der Waals surface area (Å²) in [4.78, 5) is 70.2. The maximum absolute atomic E-state index is 13.7. The largest absolute Gasteiger partial charge is 0.497 e. The van der Waals surface area contributed by atoms with E-state index in [9.17, 15) is 4.39 Å². The summed E-state index contributed by atoms with van der Waals surface area (Å²) >= 11 is 5.92. The molecule has 16 rings (SSSR count). The number of nitrogens with zero attached hydrogens (tertiary/aromatic N) is 21. The molecule has 32 heteroatoms. The summed E-state index contributed by atoms with van der Waals surface area (Å²) in [5, 5.41) is 22.1. The number of benzene rings is 8. The van der Waals surface area contributed by atoms with Gasteiger partial charge >= 0.3 is 0 Å². The van der Waals surface area contributed by atoms with Crippen LogP contribution < -0.4 is 48.9 Å². The van der Waals surface area contributed by atoms with Crippen molar-refractivity contribution in [2.45, 2.75) is 53.9 Å². The van der Waals surface area contributed by atoms with Crippen molar-refractivity contribution in [1.82, 2.24) is 98.0 Å². The first-order valence-corrected chi connectivity index (χ1v) is 33.5. The molecule has 0 unspecified atom stereocenters. The molecule has 0 aliphatic heterocycles. The van der Waals surface area contributed by atoms with Crippen LogP contribution in [-0.4, -0.2) is 105 Å². The Morgan fingerprint density at radius 1 is 0.396 bits per heavy atom. The van der Waals surface area contributed by atoms with Gasteiger partial charge in [0.2, 0.25) is 71.4 Å². The summed E-state index contributed by atoms with van der Waals surface area (Å²) in [5.74, 6) is 6.86. The average molecular weight is 1430 g/mol. The number of fused-ring (bicyclic) bond motifs is 4. The smallest absolute Gasteiger partial charge is 0.242 e. The van der Waals surface area contributed by atoms with Gasteiger partial charge in [0.25, 0.3) is 0 Å². The molecule has 0 saturated heterocycles. The quantitative estimate of drug-likeness (QED) is 0.0445.